The molecule has 0 bridgehead atoms. The van der Waals surface area contributed by atoms with Crippen molar-refractivity contribution in [2.75, 3.05) is 56.9 Å². The van der Waals surface area contributed by atoms with Crippen molar-refractivity contribution < 1.29 is 57.1 Å². The van der Waals surface area contributed by atoms with E-state index in [0.29, 0.717) is 0 Å². The van der Waals surface area contributed by atoms with Gasteiger partial charge in [0.05, 0.1) is 56.9 Å². The van der Waals surface area contributed by atoms with Crippen LogP contribution in [0.5, 0.6) is 46.0 Å². The molecule has 0 radical (unpaired) electrons. The van der Waals surface area contributed by atoms with E-state index in [2.05, 4.69) is 0 Å². The fourth-order valence-electron chi connectivity index (χ4n) is 5.08. The minimum absolute atomic E-state index is 0.0353. The van der Waals surface area contributed by atoms with E-state index in [0.717, 1.165) is 0 Å². The third-order valence-electron chi connectivity index (χ3n) is 7.50. The quantitative estimate of drug-likeness (QED) is 0.117. The summed E-state index contributed by atoms with van der Waals surface area (Å²) in [4.78, 5) is 55.4. The fraction of sp³-hybridized carbons (Fsp3) is 0.222. The van der Waals surface area contributed by atoms with E-state index in [1.165, 1.54) is 105 Å². The van der Waals surface area contributed by atoms with Crippen molar-refractivity contribution >= 4 is 23.1 Å². The van der Waals surface area contributed by atoms with Gasteiger partial charge in [-0.25, -0.2) is 0 Å². The normalized spacial score (nSPS) is 10.4. The van der Waals surface area contributed by atoms with Crippen LogP contribution in [0.15, 0.2) is 60.7 Å². The van der Waals surface area contributed by atoms with Gasteiger partial charge in [0, 0.05) is 22.3 Å². The molecule has 0 aliphatic rings. The van der Waals surface area contributed by atoms with Crippen molar-refractivity contribution in [2.45, 2.75) is 0 Å². The Kier molecular flexibility index (Phi) is 10.9. The zero-order valence-electron chi connectivity index (χ0n) is 27.7. The molecule has 250 valence electrons. The summed E-state index contributed by atoms with van der Waals surface area (Å²) in [5, 5.41) is 0. The first-order valence-corrected chi connectivity index (χ1v) is 14.3. The second-order valence-corrected chi connectivity index (χ2v) is 9.97. The van der Waals surface area contributed by atoms with Crippen LogP contribution >= 0.6 is 0 Å². The summed E-state index contributed by atoms with van der Waals surface area (Å²) in [6.07, 6.45) is 0. The zero-order chi connectivity index (χ0) is 35.1. The monoisotopic (exact) mass is 658 g/mol. The molecule has 12 heteroatoms. The van der Waals surface area contributed by atoms with Crippen molar-refractivity contribution in [2.24, 2.45) is 0 Å². The summed E-state index contributed by atoms with van der Waals surface area (Å²) in [6, 6.07) is 14.4. The maximum Gasteiger partial charge on any atom is 0.234 e. The molecule has 0 aliphatic carbocycles. The Hall–Kier alpha value is -6.04. The van der Waals surface area contributed by atoms with E-state index in [1.807, 2.05) is 0 Å². The highest BCUT2D eigenvalue weighted by atomic mass is 16.5. The van der Waals surface area contributed by atoms with Gasteiger partial charge >= 0.3 is 0 Å². The van der Waals surface area contributed by atoms with Crippen LogP contribution in [0.3, 0.4) is 0 Å². The second kappa shape index (κ2) is 15.0. The highest BCUT2D eigenvalue weighted by Crippen LogP contribution is 2.41. The van der Waals surface area contributed by atoms with Crippen molar-refractivity contribution in [3.63, 3.8) is 0 Å². The predicted molar refractivity (Wildman–Crippen MR) is 174 cm³/mol. The first-order valence-electron chi connectivity index (χ1n) is 14.3. The molecule has 0 N–H and O–H groups in total. The molecule has 0 fully saturated rings. The Bertz CT molecular complexity index is 1710. The molecule has 4 aromatic rings. The molecule has 0 heterocycles. The van der Waals surface area contributed by atoms with Gasteiger partial charge in [-0.3, -0.25) is 19.2 Å². The molecule has 0 atom stereocenters. The summed E-state index contributed by atoms with van der Waals surface area (Å²) in [5.74, 6) is -1.94. The largest absolute Gasteiger partial charge is 0.497 e. The Morgan fingerprint density at radius 1 is 0.375 bits per heavy atom. The minimum Gasteiger partial charge on any atom is -0.497 e. The standard InChI is InChI=1S/C36H34O12/c1-41-21-9-11-23(25(17-21)33(39)31(37)19-13-27(43-3)35(47-7)28(14-19)44-4)24-12-10-22(42-2)18-26(24)34(40)32(38)20-15-29(45-5)36(48-8)30(16-20)46-6/h9-18H,1-8H3. The first kappa shape index (κ1) is 34.8. The number of benzene rings is 4. The lowest BCUT2D eigenvalue weighted by atomic mass is 9.88. The molecule has 0 aliphatic heterocycles. The number of methoxy groups -OCH3 is 8. The van der Waals surface area contributed by atoms with Crippen LogP contribution in [-0.2, 0) is 0 Å². The fourth-order valence-corrected chi connectivity index (χ4v) is 5.08. The third kappa shape index (κ3) is 6.59. The lowest BCUT2D eigenvalue weighted by Crippen LogP contribution is -2.18. The van der Waals surface area contributed by atoms with Crippen molar-refractivity contribution in [1.82, 2.24) is 0 Å². The van der Waals surface area contributed by atoms with E-state index in [4.69, 9.17) is 37.9 Å². The maximum absolute atomic E-state index is 14.0. The molecule has 12 nitrogen and oxygen atoms in total. The topological polar surface area (TPSA) is 142 Å². The molecule has 48 heavy (non-hydrogen) atoms. The summed E-state index contributed by atoms with van der Waals surface area (Å²) >= 11 is 0. The first-order chi connectivity index (χ1) is 23.1. The predicted octanol–water partition coefficient (Wildman–Crippen LogP) is 5.55. The smallest absolute Gasteiger partial charge is 0.234 e. The number of Topliss-reactive ketones (excluding diaryl/α,β-unsaturated/α-hetero) is 4. The number of ketones is 4. The molecule has 0 saturated heterocycles. The van der Waals surface area contributed by atoms with Gasteiger partial charge in [-0.1, -0.05) is 0 Å². The summed E-state index contributed by atoms with van der Waals surface area (Å²) in [7, 11) is 11.2. The molecule has 0 saturated carbocycles. The van der Waals surface area contributed by atoms with Gasteiger partial charge in [-0.2, -0.15) is 0 Å². The van der Waals surface area contributed by atoms with E-state index < -0.39 is 23.1 Å². The van der Waals surface area contributed by atoms with E-state index in [9.17, 15) is 19.2 Å². The number of hydrogen-bond donors (Lipinski definition) is 0. The summed E-state index contributed by atoms with van der Waals surface area (Å²) in [6.45, 7) is 0. The minimum atomic E-state index is -0.927. The van der Waals surface area contributed by atoms with Crippen LogP contribution in [0, 0.1) is 0 Å². The number of carbonyl (C=O) groups is 4. The summed E-state index contributed by atoms with van der Waals surface area (Å²) in [5.41, 5.74) is 0.120. The molecule has 0 unspecified atom stereocenters. The van der Waals surface area contributed by atoms with Gasteiger partial charge in [0.1, 0.15) is 11.5 Å². The van der Waals surface area contributed by atoms with Crippen molar-refractivity contribution in [3.8, 4) is 57.1 Å². The average molecular weight is 659 g/mol. The second-order valence-electron chi connectivity index (χ2n) is 9.97. The molecule has 4 aromatic carbocycles. The van der Waals surface area contributed by atoms with Gasteiger partial charge in [0.2, 0.25) is 34.6 Å². The van der Waals surface area contributed by atoms with Crippen LogP contribution in [0.25, 0.3) is 11.1 Å². The van der Waals surface area contributed by atoms with E-state index in [-0.39, 0.29) is 79.4 Å². The van der Waals surface area contributed by atoms with Crippen LogP contribution in [0.2, 0.25) is 0 Å². The van der Waals surface area contributed by atoms with Crippen LogP contribution in [-0.4, -0.2) is 80.0 Å². The average Bonchev–Trinajstić information content (AvgIpc) is 3.14. The molecular formula is C36H34O12. The van der Waals surface area contributed by atoms with Gasteiger partial charge in [0.25, 0.3) is 0 Å². The van der Waals surface area contributed by atoms with Crippen LogP contribution in [0.1, 0.15) is 41.4 Å². The molecular weight excluding hydrogens is 624 g/mol. The van der Waals surface area contributed by atoms with Crippen LogP contribution < -0.4 is 37.9 Å². The highest BCUT2D eigenvalue weighted by molar-refractivity contribution is 6.52. The van der Waals surface area contributed by atoms with Gasteiger partial charge in [0.15, 0.2) is 23.0 Å². The Balaban J connectivity index is 1.88. The number of hydrogen-bond acceptors (Lipinski definition) is 12. The van der Waals surface area contributed by atoms with Crippen LogP contribution in [0.4, 0.5) is 0 Å². The zero-order valence-corrected chi connectivity index (χ0v) is 27.7. The maximum atomic E-state index is 14.0. The van der Waals surface area contributed by atoms with E-state index in [1.54, 1.807) is 12.1 Å². The van der Waals surface area contributed by atoms with Gasteiger partial charge in [-0.15, -0.1) is 0 Å². The molecule has 0 amide bonds. The van der Waals surface area contributed by atoms with Gasteiger partial charge < -0.3 is 37.9 Å². The number of ether oxygens (including phenoxy) is 8. The Morgan fingerprint density at radius 3 is 0.938 bits per heavy atom. The molecule has 0 spiro atoms. The Labute approximate surface area is 277 Å². The number of carbonyl (C=O) groups excluding carboxylic acids is 4. The van der Waals surface area contributed by atoms with E-state index >= 15 is 0 Å². The lowest BCUT2D eigenvalue weighted by Gasteiger charge is -2.16. The van der Waals surface area contributed by atoms with Crippen molar-refractivity contribution in [1.29, 1.82) is 0 Å². The lowest BCUT2D eigenvalue weighted by molar-refractivity contribution is 0.0815. The highest BCUT2D eigenvalue weighted by Gasteiger charge is 2.30. The third-order valence-corrected chi connectivity index (χ3v) is 7.50. The van der Waals surface area contributed by atoms with Crippen molar-refractivity contribution in [3.05, 3.63) is 82.9 Å². The molecule has 0 aromatic heterocycles. The SMILES string of the molecule is COc1ccc(-c2ccc(OC)cc2C(=O)C(=O)c2cc(OC)c(OC)c(OC)c2)c(C(=O)C(=O)c2cc(OC)c(OC)c(OC)c2)c1. The van der Waals surface area contributed by atoms with Gasteiger partial charge in [-0.05, 0) is 71.8 Å². The summed E-state index contributed by atoms with van der Waals surface area (Å²) < 4.78 is 42.8. The Morgan fingerprint density at radius 2 is 0.688 bits per heavy atom. The molecule has 4 rings (SSSR count). The number of rotatable bonds is 15.